The van der Waals surface area contributed by atoms with Crippen LogP contribution in [0.4, 0.5) is 0 Å². The second-order valence-electron chi connectivity index (χ2n) is 4.48. The van der Waals surface area contributed by atoms with Crippen molar-refractivity contribution in [2.24, 2.45) is 0 Å². The largest absolute Gasteiger partial charge is 0.394 e. The van der Waals surface area contributed by atoms with Crippen molar-refractivity contribution in [1.29, 1.82) is 0 Å². The molecule has 0 aromatic heterocycles. The zero-order chi connectivity index (χ0) is 14.4. The molecule has 104 valence electrons. The van der Waals surface area contributed by atoms with E-state index in [1.165, 1.54) is 0 Å². The van der Waals surface area contributed by atoms with Gasteiger partial charge in [-0.25, -0.2) is 0 Å². The molecule has 0 saturated carbocycles. The van der Waals surface area contributed by atoms with Gasteiger partial charge in [-0.1, -0.05) is 64.5 Å². The van der Waals surface area contributed by atoms with Crippen molar-refractivity contribution in [3.63, 3.8) is 0 Å². The molecule has 1 amide bonds. The average molecular weight is 334 g/mol. The molecular weight excluding hydrogens is 318 g/mol. The molecule has 0 fully saturated rings. The number of rotatable bonds is 5. The fourth-order valence-electron chi connectivity index (χ4n) is 1.98. The summed E-state index contributed by atoms with van der Waals surface area (Å²) in [5.74, 6) is -0.111. The third-order valence-corrected chi connectivity index (χ3v) is 3.80. The number of benzene rings is 2. The van der Waals surface area contributed by atoms with E-state index in [4.69, 9.17) is 0 Å². The van der Waals surface area contributed by atoms with Gasteiger partial charge in [0.2, 0.25) is 5.91 Å². The Morgan fingerprint density at radius 2 is 1.75 bits per heavy atom. The Morgan fingerprint density at radius 1 is 1.10 bits per heavy atom. The topological polar surface area (TPSA) is 49.3 Å². The second kappa shape index (κ2) is 7.22. The Morgan fingerprint density at radius 3 is 2.40 bits per heavy atom. The molecule has 2 N–H and O–H groups in total. The van der Waals surface area contributed by atoms with E-state index in [9.17, 15) is 9.90 Å². The first-order valence-corrected chi connectivity index (χ1v) is 7.18. The average Bonchev–Trinajstić information content (AvgIpc) is 2.48. The highest BCUT2D eigenvalue weighted by atomic mass is 79.9. The minimum atomic E-state index is -0.369. The molecule has 0 aliphatic carbocycles. The van der Waals surface area contributed by atoms with E-state index < -0.39 is 0 Å². The molecule has 2 rings (SSSR count). The van der Waals surface area contributed by atoms with Crippen LogP contribution in [0, 0.1) is 0 Å². The lowest BCUT2D eigenvalue weighted by Gasteiger charge is -2.17. The SMILES string of the molecule is O=C(Cc1ccccc1Br)N[C@@H](CO)c1ccccc1. The highest BCUT2D eigenvalue weighted by Gasteiger charge is 2.14. The van der Waals surface area contributed by atoms with Crippen molar-refractivity contribution in [3.05, 3.63) is 70.2 Å². The van der Waals surface area contributed by atoms with Crippen LogP contribution in [0.2, 0.25) is 0 Å². The van der Waals surface area contributed by atoms with Crippen molar-refractivity contribution in [2.75, 3.05) is 6.61 Å². The van der Waals surface area contributed by atoms with Crippen LogP contribution < -0.4 is 5.32 Å². The van der Waals surface area contributed by atoms with Gasteiger partial charge >= 0.3 is 0 Å². The highest BCUT2D eigenvalue weighted by Crippen LogP contribution is 2.17. The normalized spacial score (nSPS) is 11.9. The summed E-state index contributed by atoms with van der Waals surface area (Å²) in [4.78, 5) is 12.1. The van der Waals surface area contributed by atoms with Gasteiger partial charge in [0.25, 0.3) is 0 Å². The van der Waals surface area contributed by atoms with Crippen LogP contribution in [-0.4, -0.2) is 17.6 Å². The van der Waals surface area contributed by atoms with E-state index in [0.717, 1.165) is 15.6 Å². The number of aliphatic hydroxyl groups is 1. The van der Waals surface area contributed by atoms with Gasteiger partial charge in [0, 0.05) is 4.47 Å². The number of carbonyl (C=O) groups is 1. The van der Waals surface area contributed by atoms with Gasteiger partial charge in [0.1, 0.15) is 0 Å². The summed E-state index contributed by atoms with van der Waals surface area (Å²) in [5.41, 5.74) is 1.82. The van der Waals surface area contributed by atoms with Crippen LogP contribution in [0.15, 0.2) is 59.1 Å². The van der Waals surface area contributed by atoms with Crippen molar-refractivity contribution in [3.8, 4) is 0 Å². The quantitative estimate of drug-likeness (QED) is 0.883. The molecule has 0 aliphatic rings. The first-order chi connectivity index (χ1) is 9.70. The molecule has 20 heavy (non-hydrogen) atoms. The van der Waals surface area contributed by atoms with Crippen LogP contribution in [-0.2, 0) is 11.2 Å². The Kier molecular flexibility index (Phi) is 5.32. The molecule has 0 spiro atoms. The van der Waals surface area contributed by atoms with Gasteiger partial charge in [-0.2, -0.15) is 0 Å². The van der Waals surface area contributed by atoms with E-state index >= 15 is 0 Å². The molecule has 0 radical (unpaired) electrons. The third-order valence-electron chi connectivity index (χ3n) is 3.03. The first-order valence-electron chi connectivity index (χ1n) is 6.39. The van der Waals surface area contributed by atoms with Gasteiger partial charge in [0.15, 0.2) is 0 Å². The molecule has 0 bridgehead atoms. The van der Waals surface area contributed by atoms with Gasteiger partial charge in [0.05, 0.1) is 19.1 Å². The van der Waals surface area contributed by atoms with E-state index in [-0.39, 0.29) is 25.0 Å². The summed E-state index contributed by atoms with van der Waals surface area (Å²) in [7, 11) is 0. The van der Waals surface area contributed by atoms with E-state index in [1.54, 1.807) is 0 Å². The number of amides is 1. The van der Waals surface area contributed by atoms with Crippen LogP contribution >= 0.6 is 15.9 Å². The minimum Gasteiger partial charge on any atom is -0.394 e. The summed E-state index contributed by atoms with van der Waals surface area (Å²) >= 11 is 3.42. The Balaban J connectivity index is 2.02. The van der Waals surface area contributed by atoms with Crippen LogP contribution in [0.3, 0.4) is 0 Å². The summed E-state index contributed by atoms with van der Waals surface area (Å²) in [6.45, 7) is -0.119. The number of carbonyl (C=O) groups excluding carboxylic acids is 1. The highest BCUT2D eigenvalue weighted by molar-refractivity contribution is 9.10. The van der Waals surface area contributed by atoms with Crippen LogP contribution in [0.1, 0.15) is 17.2 Å². The molecule has 2 aromatic carbocycles. The van der Waals surface area contributed by atoms with Crippen LogP contribution in [0.25, 0.3) is 0 Å². The summed E-state index contributed by atoms with van der Waals surface area (Å²) < 4.78 is 0.912. The molecule has 0 unspecified atom stereocenters. The Bertz CT molecular complexity index is 572. The van der Waals surface area contributed by atoms with Gasteiger partial charge < -0.3 is 10.4 Å². The van der Waals surface area contributed by atoms with E-state index in [2.05, 4.69) is 21.2 Å². The lowest BCUT2D eigenvalue weighted by Crippen LogP contribution is -2.32. The van der Waals surface area contributed by atoms with E-state index in [1.807, 2.05) is 54.6 Å². The molecule has 3 nitrogen and oxygen atoms in total. The maximum Gasteiger partial charge on any atom is 0.225 e. The first kappa shape index (κ1) is 14.8. The Hall–Kier alpha value is -1.65. The number of hydrogen-bond acceptors (Lipinski definition) is 2. The maximum atomic E-state index is 12.1. The standard InChI is InChI=1S/C16H16BrNO2/c17-14-9-5-4-8-13(14)10-16(20)18-15(11-19)12-6-2-1-3-7-12/h1-9,15,19H,10-11H2,(H,18,20)/t15-/m0/s1. The zero-order valence-corrected chi connectivity index (χ0v) is 12.5. The van der Waals surface area contributed by atoms with Crippen LogP contribution in [0.5, 0.6) is 0 Å². The number of hydrogen-bond donors (Lipinski definition) is 2. The lowest BCUT2D eigenvalue weighted by atomic mass is 10.1. The zero-order valence-electron chi connectivity index (χ0n) is 10.9. The van der Waals surface area contributed by atoms with Gasteiger partial charge in [-0.3, -0.25) is 4.79 Å². The fraction of sp³-hybridized carbons (Fsp3) is 0.188. The van der Waals surface area contributed by atoms with Crippen molar-refractivity contribution >= 4 is 21.8 Å². The summed E-state index contributed by atoms with van der Waals surface area (Å²) in [6.07, 6.45) is 0.282. The third kappa shape index (κ3) is 3.92. The smallest absolute Gasteiger partial charge is 0.225 e. The molecule has 0 heterocycles. The van der Waals surface area contributed by atoms with Crippen molar-refractivity contribution in [2.45, 2.75) is 12.5 Å². The van der Waals surface area contributed by atoms with Crippen molar-refractivity contribution < 1.29 is 9.90 Å². The predicted molar refractivity (Wildman–Crippen MR) is 82.3 cm³/mol. The van der Waals surface area contributed by atoms with Gasteiger partial charge in [-0.15, -0.1) is 0 Å². The Labute approximate surface area is 126 Å². The van der Waals surface area contributed by atoms with Crippen molar-refractivity contribution in [1.82, 2.24) is 5.32 Å². The van der Waals surface area contributed by atoms with Gasteiger partial charge in [-0.05, 0) is 17.2 Å². The fourth-order valence-corrected chi connectivity index (χ4v) is 2.40. The molecular formula is C16H16BrNO2. The number of nitrogens with one attached hydrogen (secondary N) is 1. The molecule has 2 aromatic rings. The summed E-state index contributed by atoms with van der Waals surface area (Å²) in [6, 6.07) is 16.7. The minimum absolute atomic E-state index is 0.111. The maximum absolute atomic E-state index is 12.1. The predicted octanol–water partition coefficient (Wildman–Crippen LogP) is 2.84. The monoisotopic (exact) mass is 333 g/mol. The summed E-state index contributed by atoms with van der Waals surface area (Å²) in [5, 5.41) is 12.3. The number of aliphatic hydroxyl groups excluding tert-OH is 1. The lowest BCUT2D eigenvalue weighted by molar-refractivity contribution is -0.121. The van der Waals surface area contributed by atoms with E-state index in [0.29, 0.717) is 0 Å². The second-order valence-corrected chi connectivity index (χ2v) is 5.34. The molecule has 0 aliphatic heterocycles. The number of halogens is 1. The molecule has 1 atom stereocenters. The molecule has 4 heteroatoms. The molecule has 0 saturated heterocycles.